The zero-order valence-electron chi connectivity index (χ0n) is 13.4. The fourth-order valence-corrected chi connectivity index (χ4v) is 2.96. The van der Waals surface area contributed by atoms with Crippen LogP contribution in [-0.2, 0) is 22.0 Å². The quantitative estimate of drug-likeness (QED) is 0.304. The molecule has 1 nitrogen and oxygen atoms in total. The molecule has 1 heterocycles. The van der Waals surface area contributed by atoms with Crippen LogP contribution in [0.25, 0.3) is 11.0 Å². The van der Waals surface area contributed by atoms with Gasteiger partial charge in [0, 0.05) is 6.07 Å². The van der Waals surface area contributed by atoms with Gasteiger partial charge >= 0.3 is 60.9 Å². The monoisotopic (exact) mass is 437 g/mol. The van der Waals surface area contributed by atoms with Crippen LogP contribution in [0, 0.1) is 11.3 Å². The van der Waals surface area contributed by atoms with Crippen LogP contribution in [0.15, 0.2) is 34.7 Å². The van der Waals surface area contributed by atoms with Gasteiger partial charge in [0.15, 0.2) is 0 Å². The number of aryl methyl sites for hydroxylation is 1. The molecule has 0 saturated heterocycles. The molecule has 1 aliphatic carbocycles. The first kappa shape index (κ1) is 19.6. The fourth-order valence-electron chi connectivity index (χ4n) is 2.96. The van der Waals surface area contributed by atoms with Crippen LogP contribution >= 0.6 is 40.4 Å². The van der Waals surface area contributed by atoms with E-state index in [0.29, 0.717) is 5.41 Å². The van der Waals surface area contributed by atoms with Gasteiger partial charge < -0.3 is 0 Å². The van der Waals surface area contributed by atoms with Gasteiger partial charge in [0.1, 0.15) is 0 Å². The summed E-state index contributed by atoms with van der Waals surface area (Å²) in [5.74, 6) is 1.97. The average molecular weight is 439 g/mol. The van der Waals surface area contributed by atoms with Crippen molar-refractivity contribution in [1.82, 2.24) is 0 Å². The standard InChI is InChI=1S/C17H21O.4ClH.Fe/c1-17(2,3)14-8-9-16-13(11-14)10-12-6-4-5-7-15(12)18-16;;;;;/h4-7,10,14H,8-9,11H2,1-3H3;4*1H;/q+1;;;;;+3/p-4. The van der Waals surface area contributed by atoms with Gasteiger partial charge in [-0.2, -0.15) is 0 Å². The second-order valence-electron chi connectivity index (χ2n) is 6.84. The predicted octanol–water partition coefficient (Wildman–Crippen LogP) is 7.62. The summed E-state index contributed by atoms with van der Waals surface area (Å²) in [5.41, 5.74) is 2.83. The van der Waals surface area contributed by atoms with Gasteiger partial charge in [-0.3, -0.25) is 0 Å². The second-order valence-corrected chi connectivity index (χ2v) is 17.8. The number of benzene rings is 1. The summed E-state index contributed by atoms with van der Waals surface area (Å²) in [6, 6.07) is 10.6. The third-order valence-electron chi connectivity index (χ3n) is 4.25. The average Bonchev–Trinajstić information content (AvgIpc) is 2.41. The minimum absolute atomic E-state index is 0.392. The number of para-hydroxylation sites is 1. The van der Waals surface area contributed by atoms with E-state index in [4.69, 9.17) is 44.8 Å². The Morgan fingerprint density at radius 2 is 1.70 bits per heavy atom. The van der Waals surface area contributed by atoms with Crippen LogP contribution in [0.1, 0.15) is 38.5 Å². The van der Waals surface area contributed by atoms with E-state index < -0.39 is 9.20 Å². The first-order valence-electron chi connectivity index (χ1n) is 7.41. The summed E-state index contributed by atoms with van der Waals surface area (Å²) in [7, 11) is 17.2. The third kappa shape index (κ3) is 6.27. The molecular formula is C17H21Cl4FeO. The predicted molar refractivity (Wildman–Crippen MR) is 99.0 cm³/mol. The van der Waals surface area contributed by atoms with Gasteiger partial charge in [0.05, 0.1) is 17.4 Å². The van der Waals surface area contributed by atoms with E-state index in [1.54, 1.807) is 0 Å². The Hall–Kier alpha value is 0.309. The molecule has 0 bridgehead atoms. The Morgan fingerprint density at radius 3 is 2.30 bits per heavy atom. The van der Waals surface area contributed by atoms with Crippen LogP contribution in [0.3, 0.4) is 0 Å². The molecule has 0 fully saturated rings. The topological polar surface area (TPSA) is 11.3 Å². The molecular weight excluding hydrogens is 418 g/mol. The van der Waals surface area contributed by atoms with Crippen LogP contribution < -0.4 is 0 Å². The summed E-state index contributed by atoms with van der Waals surface area (Å²) in [6.07, 6.45) is 3.49. The van der Waals surface area contributed by atoms with Gasteiger partial charge in [-0.05, 0) is 36.3 Å². The van der Waals surface area contributed by atoms with E-state index in [0.717, 1.165) is 24.3 Å². The van der Waals surface area contributed by atoms with Crippen molar-refractivity contribution >= 4 is 51.4 Å². The first-order chi connectivity index (χ1) is 10.5. The molecule has 0 amide bonds. The Morgan fingerprint density at radius 1 is 1.09 bits per heavy atom. The summed E-state index contributed by atoms with van der Waals surface area (Å²) >= 11 is 0. The molecule has 0 saturated carbocycles. The number of hydrogen-bond acceptors (Lipinski definition) is 0. The maximum absolute atomic E-state index is 6.05. The molecule has 0 aliphatic heterocycles. The van der Waals surface area contributed by atoms with Crippen LogP contribution in [0.2, 0.25) is 0 Å². The van der Waals surface area contributed by atoms with E-state index in [1.165, 1.54) is 23.1 Å². The van der Waals surface area contributed by atoms with Crippen LogP contribution in [-0.4, -0.2) is 0 Å². The molecule has 1 unspecified atom stereocenters. The summed E-state index contributed by atoms with van der Waals surface area (Å²) in [4.78, 5) is 0. The Balaban J connectivity index is 0.000000338. The van der Waals surface area contributed by atoms with Crippen molar-refractivity contribution < 1.29 is 13.6 Å². The Labute approximate surface area is 157 Å². The van der Waals surface area contributed by atoms with Crippen LogP contribution in [0.4, 0.5) is 0 Å². The molecule has 2 aromatic rings. The number of rotatable bonds is 0. The van der Waals surface area contributed by atoms with Gasteiger partial charge in [0.2, 0.25) is 0 Å². The number of fused-ring (bicyclic) bond motifs is 2. The van der Waals surface area contributed by atoms with Crippen molar-refractivity contribution in [3.8, 4) is 0 Å². The van der Waals surface area contributed by atoms with Gasteiger partial charge in [-0.1, -0.05) is 32.9 Å². The molecule has 0 spiro atoms. The number of halogens is 4. The summed E-state index contributed by atoms with van der Waals surface area (Å²) in [6.45, 7) is 7.04. The normalized spacial score (nSPS) is 18.8. The SMILES string of the molecule is CC(C)(C)C1CCc2[o+]c3ccccc3cc2C1.[Cl][Fe-]([Cl])([Cl])[Cl]. The van der Waals surface area contributed by atoms with Crippen molar-refractivity contribution in [2.75, 3.05) is 0 Å². The van der Waals surface area contributed by atoms with E-state index in [2.05, 4.69) is 45.0 Å². The van der Waals surface area contributed by atoms with Crippen molar-refractivity contribution in [2.24, 2.45) is 11.3 Å². The fraction of sp³-hybridized carbons (Fsp3) is 0.471. The second kappa shape index (κ2) is 7.68. The minimum atomic E-state index is -2.61. The summed E-state index contributed by atoms with van der Waals surface area (Å²) < 4.78 is 6.05. The van der Waals surface area contributed by atoms with Crippen molar-refractivity contribution in [2.45, 2.75) is 40.0 Å². The summed E-state index contributed by atoms with van der Waals surface area (Å²) in [5, 5.41) is 1.23. The van der Waals surface area contributed by atoms with Gasteiger partial charge in [0.25, 0.3) is 0 Å². The van der Waals surface area contributed by atoms with E-state index in [1.807, 2.05) is 6.07 Å². The van der Waals surface area contributed by atoms with Gasteiger partial charge in [-0.25, -0.2) is 4.42 Å². The van der Waals surface area contributed by atoms with Crippen LogP contribution in [0.5, 0.6) is 0 Å². The molecule has 1 atom stereocenters. The molecule has 0 radical (unpaired) electrons. The van der Waals surface area contributed by atoms with Crippen molar-refractivity contribution in [3.63, 3.8) is 0 Å². The zero-order valence-corrected chi connectivity index (χ0v) is 17.5. The Kier molecular flexibility index (Phi) is 6.56. The van der Waals surface area contributed by atoms with Gasteiger partial charge in [-0.15, -0.1) is 0 Å². The molecule has 23 heavy (non-hydrogen) atoms. The zero-order chi connectivity index (χ0) is 17.3. The number of hydrogen-bond donors (Lipinski definition) is 0. The van der Waals surface area contributed by atoms with Crippen molar-refractivity contribution in [1.29, 1.82) is 0 Å². The molecule has 6 heteroatoms. The Bertz CT molecular complexity index is 670. The van der Waals surface area contributed by atoms with E-state index in [9.17, 15) is 0 Å². The molecule has 1 aromatic heterocycles. The molecule has 1 aromatic carbocycles. The maximum atomic E-state index is 6.05. The van der Waals surface area contributed by atoms with E-state index >= 15 is 0 Å². The molecule has 1 aliphatic rings. The molecule has 131 valence electrons. The molecule has 3 rings (SSSR count). The van der Waals surface area contributed by atoms with Crippen molar-refractivity contribution in [3.05, 3.63) is 41.7 Å². The molecule has 0 N–H and O–H groups in total. The van der Waals surface area contributed by atoms with E-state index in [-0.39, 0.29) is 0 Å². The third-order valence-corrected chi connectivity index (χ3v) is 4.25. The first-order valence-corrected chi connectivity index (χ1v) is 13.5.